The Labute approximate surface area is 163 Å². The number of carbonyl (C=O) groups excluding carboxylic acids is 2. The minimum atomic E-state index is -0.736. The van der Waals surface area contributed by atoms with Crippen LogP contribution in [-0.2, 0) is 9.53 Å². The number of phenols is 1. The van der Waals surface area contributed by atoms with E-state index < -0.39 is 5.72 Å². The van der Waals surface area contributed by atoms with Gasteiger partial charge in [0.05, 0.1) is 19.0 Å². The number of hydrogen-bond acceptors (Lipinski definition) is 4. The summed E-state index contributed by atoms with van der Waals surface area (Å²) < 4.78 is 6.47. The van der Waals surface area contributed by atoms with Gasteiger partial charge in [-0.1, -0.05) is 36.4 Å². The van der Waals surface area contributed by atoms with Crippen LogP contribution in [0.3, 0.4) is 0 Å². The number of hydrogen-bond donors (Lipinski definition) is 1. The molecule has 3 heterocycles. The number of carbonyl (C=O) groups is 2. The molecule has 0 unspecified atom stereocenters. The molecule has 1 N–H and O–H groups in total. The lowest BCUT2D eigenvalue weighted by atomic mass is 10.0. The summed E-state index contributed by atoms with van der Waals surface area (Å²) >= 11 is 0. The molecule has 0 saturated carbocycles. The van der Waals surface area contributed by atoms with Crippen LogP contribution >= 0.6 is 0 Å². The molecule has 2 amide bonds. The van der Waals surface area contributed by atoms with Gasteiger partial charge in [0.15, 0.2) is 5.72 Å². The second-order valence-electron chi connectivity index (χ2n) is 7.84. The monoisotopic (exact) mass is 378 g/mol. The normalized spacial score (nSPS) is 28.5. The first-order valence-corrected chi connectivity index (χ1v) is 9.63. The van der Waals surface area contributed by atoms with E-state index >= 15 is 0 Å². The van der Waals surface area contributed by atoms with E-state index in [1.165, 1.54) is 6.07 Å². The van der Waals surface area contributed by atoms with Gasteiger partial charge in [-0.2, -0.15) is 0 Å². The van der Waals surface area contributed by atoms with Gasteiger partial charge in [0, 0.05) is 18.5 Å². The first-order chi connectivity index (χ1) is 13.5. The third-order valence-electron chi connectivity index (χ3n) is 6.32. The Morgan fingerprint density at radius 1 is 1.21 bits per heavy atom. The summed E-state index contributed by atoms with van der Waals surface area (Å²) in [5.41, 5.74) is 1.47. The number of phenolic OH excluding ortho intramolecular Hbond substituents is 1. The first-order valence-electron chi connectivity index (χ1n) is 9.63. The van der Waals surface area contributed by atoms with E-state index in [9.17, 15) is 14.7 Å². The molecule has 0 bridgehead atoms. The van der Waals surface area contributed by atoms with Gasteiger partial charge in [-0.3, -0.25) is 9.59 Å². The topological polar surface area (TPSA) is 70.1 Å². The lowest BCUT2D eigenvalue weighted by molar-refractivity contribution is -0.138. The number of likely N-dealkylation sites (tertiary alicyclic amines) is 1. The molecule has 1 spiro atoms. The summed E-state index contributed by atoms with van der Waals surface area (Å²) in [4.78, 5) is 29.4. The number of rotatable bonds is 2. The smallest absolute Gasteiger partial charge is 0.254 e. The molecule has 6 nitrogen and oxygen atoms in total. The van der Waals surface area contributed by atoms with E-state index in [1.54, 1.807) is 24.0 Å². The highest BCUT2D eigenvalue weighted by molar-refractivity contribution is 5.96. The molecule has 3 saturated heterocycles. The maximum atomic E-state index is 13.1. The van der Waals surface area contributed by atoms with Crippen LogP contribution < -0.4 is 0 Å². The molecule has 2 aromatic carbocycles. The molecule has 144 valence electrons. The number of amides is 2. The zero-order valence-corrected chi connectivity index (χ0v) is 15.7. The Bertz CT molecular complexity index is 960. The van der Waals surface area contributed by atoms with E-state index in [0.29, 0.717) is 25.1 Å². The third kappa shape index (κ3) is 2.37. The summed E-state index contributed by atoms with van der Waals surface area (Å²) in [5, 5.41) is 9.97. The van der Waals surface area contributed by atoms with Crippen molar-refractivity contribution in [2.45, 2.75) is 37.6 Å². The van der Waals surface area contributed by atoms with E-state index in [0.717, 1.165) is 11.1 Å². The van der Waals surface area contributed by atoms with Gasteiger partial charge in [0.2, 0.25) is 5.91 Å². The predicted molar refractivity (Wildman–Crippen MR) is 102 cm³/mol. The minimum Gasteiger partial charge on any atom is -0.508 e. The van der Waals surface area contributed by atoms with E-state index in [1.807, 2.05) is 35.2 Å². The van der Waals surface area contributed by atoms with Crippen molar-refractivity contribution >= 4 is 11.8 Å². The Morgan fingerprint density at radius 3 is 2.75 bits per heavy atom. The van der Waals surface area contributed by atoms with Gasteiger partial charge < -0.3 is 19.6 Å². The van der Waals surface area contributed by atoms with Crippen LogP contribution in [0.25, 0.3) is 0 Å². The standard InChI is InChI=1S/C22H22N2O4/c1-14-7-8-16(11-17(14)25)21(27)23-10-9-22-19(23)12-20(26)24(22)13-18(28-22)15-5-3-2-4-6-15/h2-8,11,18-19,25H,9-10,12-13H2,1H3/t18-,19-,22+/m1/s1. The van der Waals surface area contributed by atoms with Crippen molar-refractivity contribution < 1.29 is 19.4 Å². The van der Waals surface area contributed by atoms with Crippen molar-refractivity contribution in [3.05, 3.63) is 65.2 Å². The molecule has 5 rings (SSSR count). The minimum absolute atomic E-state index is 0.0349. The van der Waals surface area contributed by atoms with E-state index in [2.05, 4.69) is 0 Å². The van der Waals surface area contributed by atoms with Crippen LogP contribution in [0.2, 0.25) is 0 Å². The van der Waals surface area contributed by atoms with Crippen molar-refractivity contribution in [3.63, 3.8) is 0 Å². The molecular weight excluding hydrogens is 356 g/mol. The van der Waals surface area contributed by atoms with Crippen LogP contribution in [0.4, 0.5) is 0 Å². The molecular formula is C22H22N2O4. The van der Waals surface area contributed by atoms with E-state index in [-0.39, 0.29) is 36.1 Å². The lowest BCUT2D eigenvalue weighted by Crippen LogP contribution is -2.48. The maximum Gasteiger partial charge on any atom is 0.254 e. The number of ether oxygens (including phenoxy) is 1. The van der Waals surface area contributed by atoms with Crippen molar-refractivity contribution in [2.75, 3.05) is 13.1 Å². The van der Waals surface area contributed by atoms with Crippen molar-refractivity contribution in [1.29, 1.82) is 0 Å². The Kier molecular flexibility index (Phi) is 3.74. The van der Waals surface area contributed by atoms with Crippen LogP contribution in [0.5, 0.6) is 5.75 Å². The number of aromatic hydroxyl groups is 1. The largest absolute Gasteiger partial charge is 0.508 e. The highest BCUT2D eigenvalue weighted by Crippen LogP contribution is 2.50. The van der Waals surface area contributed by atoms with Crippen LogP contribution in [0.15, 0.2) is 48.5 Å². The molecule has 28 heavy (non-hydrogen) atoms. The first kappa shape index (κ1) is 17.3. The average molecular weight is 378 g/mol. The number of nitrogens with zero attached hydrogens (tertiary/aromatic N) is 2. The second kappa shape index (κ2) is 6.07. The highest BCUT2D eigenvalue weighted by Gasteiger charge is 2.65. The Balaban J connectivity index is 1.44. The number of benzene rings is 2. The van der Waals surface area contributed by atoms with Crippen LogP contribution in [-0.4, -0.2) is 51.6 Å². The SMILES string of the molecule is Cc1ccc(C(=O)N2CC[C@@]34O[C@@H](c5ccccc5)CN3C(=O)C[C@@H]24)cc1O. The highest BCUT2D eigenvalue weighted by atomic mass is 16.5. The zero-order chi connectivity index (χ0) is 19.5. The van der Waals surface area contributed by atoms with Crippen LogP contribution in [0.1, 0.15) is 40.4 Å². The maximum absolute atomic E-state index is 13.1. The van der Waals surface area contributed by atoms with Gasteiger partial charge >= 0.3 is 0 Å². The molecule has 0 aromatic heterocycles. The molecule has 2 aromatic rings. The predicted octanol–water partition coefficient (Wildman–Crippen LogP) is 2.62. The quantitative estimate of drug-likeness (QED) is 0.872. The molecule has 6 heteroatoms. The van der Waals surface area contributed by atoms with Crippen molar-refractivity contribution in [3.8, 4) is 5.75 Å². The Morgan fingerprint density at radius 2 is 2.00 bits per heavy atom. The molecule has 3 aliphatic rings. The van der Waals surface area contributed by atoms with Gasteiger partial charge in [-0.15, -0.1) is 0 Å². The fourth-order valence-corrected chi connectivity index (χ4v) is 4.82. The molecule has 3 aliphatic heterocycles. The summed E-state index contributed by atoms with van der Waals surface area (Å²) in [6.07, 6.45) is 0.716. The van der Waals surface area contributed by atoms with Gasteiger partial charge in [0.25, 0.3) is 5.91 Å². The van der Waals surface area contributed by atoms with Crippen molar-refractivity contribution in [2.24, 2.45) is 0 Å². The molecule has 0 aliphatic carbocycles. The van der Waals surface area contributed by atoms with Gasteiger partial charge in [0.1, 0.15) is 11.9 Å². The summed E-state index contributed by atoms with van der Waals surface area (Å²) in [6.45, 7) is 2.84. The summed E-state index contributed by atoms with van der Waals surface area (Å²) in [7, 11) is 0. The van der Waals surface area contributed by atoms with Crippen molar-refractivity contribution in [1.82, 2.24) is 9.80 Å². The second-order valence-corrected chi connectivity index (χ2v) is 7.84. The lowest BCUT2D eigenvalue weighted by Gasteiger charge is -2.32. The molecule has 3 atom stereocenters. The summed E-state index contributed by atoms with van der Waals surface area (Å²) in [5.74, 6) is -0.0311. The van der Waals surface area contributed by atoms with Crippen LogP contribution in [0, 0.1) is 6.92 Å². The third-order valence-corrected chi connectivity index (χ3v) is 6.32. The average Bonchev–Trinajstić information content (AvgIpc) is 3.33. The molecule has 3 fully saturated rings. The Hall–Kier alpha value is -2.86. The molecule has 0 radical (unpaired) electrons. The number of aryl methyl sites for hydroxylation is 1. The van der Waals surface area contributed by atoms with E-state index in [4.69, 9.17) is 4.74 Å². The fourth-order valence-electron chi connectivity index (χ4n) is 4.82. The van der Waals surface area contributed by atoms with Gasteiger partial charge in [-0.25, -0.2) is 0 Å². The zero-order valence-electron chi connectivity index (χ0n) is 15.7. The fraction of sp³-hybridized carbons (Fsp3) is 0.364. The summed E-state index contributed by atoms with van der Waals surface area (Å²) in [6, 6.07) is 14.6. The van der Waals surface area contributed by atoms with Gasteiger partial charge in [-0.05, 0) is 30.2 Å².